The van der Waals surface area contributed by atoms with Crippen LogP contribution in [0, 0.1) is 0 Å². The van der Waals surface area contributed by atoms with Crippen molar-refractivity contribution in [3.63, 3.8) is 0 Å². The Kier molecular flexibility index (Phi) is 9.48. The third-order valence-corrected chi connectivity index (χ3v) is 11.4. The van der Waals surface area contributed by atoms with E-state index < -0.39 is 8.56 Å². The highest BCUT2D eigenvalue weighted by atomic mass is 28.4. The number of fused-ring (bicyclic) bond motifs is 1. The highest BCUT2D eigenvalue weighted by molar-refractivity contribution is 6.77. The van der Waals surface area contributed by atoms with E-state index in [9.17, 15) is 0 Å². The fraction of sp³-hybridized carbons (Fsp3) is 0.840. The molecule has 3 unspecified atom stereocenters. The molecule has 1 aliphatic carbocycles. The third-order valence-electron chi connectivity index (χ3n) is 7.07. The quantitative estimate of drug-likeness (QED) is 0.262. The van der Waals surface area contributed by atoms with Crippen molar-refractivity contribution >= 4 is 8.56 Å². The fourth-order valence-electron chi connectivity index (χ4n) is 5.48. The van der Waals surface area contributed by atoms with Gasteiger partial charge in [-0.2, -0.15) is 0 Å². The van der Waals surface area contributed by atoms with Gasteiger partial charge in [0.1, 0.15) is 0 Å². The van der Waals surface area contributed by atoms with Crippen molar-refractivity contribution in [3.05, 3.63) is 22.9 Å². The van der Waals surface area contributed by atoms with E-state index in [1.807, 2.05) is 7.11 Å². The molecular weight excluding hydrogens is 376 g/mol. The molecule has 166 valence electrons. The third kappa shape index (κ3) is 5.84. The van der Waals surface area contributed by atoms with Crippen molar-refractivity contribution in [1.82, 2.24) is 0 Å². The second-order valence-corrected chi connectivity index (χ2v) is 12.5. The Labute approximate surface area is 180 Å². The van der Waals surface area contributed by atoms with Crippen molar-refractivity contribution in [3.8, 4) is 0 Å². The molecule has 0 N–H and O–H groups in total. The SMILES string of the molecule is CCCCCC1CC=C(COC)C2=CCC(CCCCC)O[Si]2(C2CCCC2)O1. The van der Waals surface area contributed by atoms with Gasteiger partial charge in [-0.05, 0) is 49.3 Å². The summed E-state index contributed by atoms with van der Waals surface area (Å²) in [5.74, 6) is 0. The van der Waals surface area contributed by atoms with Gasteiger partial charge in [-0.15, -0.1) is 0 Å². The summed E-state index contributed by atoms with van der Waals surface area (Å²) in [6, 6.07) is 0. The molecule has 3 atom stereocenters. The number of ether oxygens (including phenoxy) is 1. The Morgan fingerprint density at radius 3 is 2.03 bits per heavy atom. The molecular formula is C25H44O3Si. The minimum atomic E-state index is -2.45. The van der Waals surface area contributed by atoms with E-state index in [0.717, 1.165) is 12.8 Å². The molecule has 1 saturated carbocycles. The van der Waals surface area contributed by atoms with Crippen molar-refractivity contribution < 1.29 is 13.6 Å². The van der Waals surface area contributed by atoms with Crippen LogP contribution in [0.2, 0.25) is 5.54 Å². The normalized spacial score (nSPS) is 30.6. The molecule has 29 heavy (non-hydrogen) atoms. The minimum Gasteiger partial charge on any atom is -0.387 e. The number of hydrogen-bond donors (Lipinski definition) is 0. The van der Waals surface area contributed by atoms with Gasteiger partial charge in [0.15, 0.2) is 0 Å². The molecule has 0 aromatic carbocycles. The number of methoxy groups -OCH3 is 1. The zero-order chi connectivity index (χ0) is 20.5. The van der Waals surface area contributed by atoms with E-state index in [1.54, 1.807) is 0 Å². The molecule has 3 aliphatic rings. The van der Waals surface area contributed by atoms with Crippen molar-refractivity contribution in [1.29, 1.82) is 0 Å². The van der Waals surface area contributed by atoms with Crippen LogP contribution in [0.3, 0.4) is 0 Å². The van der Waals surface area contributed by atoms with Crippen LogP contribution in [-0.4, -0.2) is 34.5 Å². The van der Waals surface area contributed by atoms with Gasteiger partial charge in [-0.1, -0.05) is 77.4 Å². The predicted octanol–water partition coefficient (Wildman–Crippen LogP) is 7.15. The zero-order valence-corrected chi connectivity index (χ0v) is 20.2. The molecule has 0 spiro atoms. The smallest absolute Gasteiger partial charge is 0.376 e. The maximum Gasteiger partial charge on any atom is 0.376 e. The number of unbranched alkanes of at least 4 members (excludes halogenated alkanes) is 4. The van der Waals surface area contributed by atoms with Crippen LogP contribution in [0.5, 0.6) is 0 Å². The van der Waals surface area contributed by atoms with Gasteiger partial charge in [0.05, 0.1) is 18.8 Å². The van der Waals surface area contributed by atoms with Crippen LogP contribution in [0.4, 0.5) is 0 Å². The van der Waals surface area contributed by atoms with E-state index in [4.69, 9.17) is 13.6 Å². The Balaban J connectivity index is 1.88. The second-order valence-electron chi connectivity index (χ2n) is 9.37. The Morgan fingerprint density at radius 2 is 1.48 bits per heavy atom. The van der Waals surface area contributed by atoms with Gasteiger partial charge in [0.2, 0.25) is 0 Å². The highest BCUT2D eigenvalue weighted by Crippen LogP contribution is 2.50. The summed E-state index contributed by atoms with van der Waals surface area (Å²) in [4.78, 5) is 0. The van der Waals surface area contributed by atoms with Gasteiger partial charge in [-0.3, -0.25) is 0 Å². The molecule has 0 radical (unpaired) electrons. The number of hydrogen-bond acceptors (Lipinski definition) is 3. The molecule has 2 aliphatic heterocycles. The molecule has 0 saturated heterocycles. The van der Waals surface area contributed by atoms with Crippen molar-refractivity contribution in [2.24, 2.45) is 0 Å². The van der Waals surface area contributed by atoms with E-state index in [-0.39, 0.29) is 0 Å². The average Bonchev–Trinajstić information content (AvgIpc) is 3.22. The van der Waals surface area contributed by atoms with Crippen LogP contribution in [-0.2, 0) is 13.6 Å². The lowest BCUT2D eigenvalue weighted by atomic mass is 10.0. The molecule has 1 fully saturated rings. The summed E-state index contributed by atoms with van der Waals surface area (Å²) < 4.78 is 20.0. The fourth-order valence-corrected chi connectivity index (χ4v) is 10.2. The second kappa shape index (κ2) is 11.8. The zero-order valence-electron chi connectivity index (χ0n) is 19.2. The van der Waals surface area contributed by atoms with Gasteiger partial charge in [0, 0.05) is 12.7 Å². The molecule has 0 bridgehead atoms. The number of rotatable bonds is 11. The largest absolute Gasteiger partial charge is 0.387 e. The molecule has 0 aromatic rings. The maximum atomic E-state index is 7.19. The van der Waals surface area contributed by atoms with E-state index in [0.29, 0.717) is 24.4 Å². The molecule has 4 heteroatoms. The standard InChI is InChI=1S/C25H44O3Si/c1-4-6-8-12-22-17-16-21(20-26-3)25-19-18-23(13-9-7-5-2)28-29(25,27-22)24-14-10-11-15-24/h16,19,22-24H,4-15,17-18,20H2,1-3H3. The lowest BCUT2D eigenvalue weighted by Crippen LogP contribution is -2.54. The molecule has 0 aromatic heterocycles. The van der Waals surface area contributed by atoms with Crippen LogP contribution in [0.25, 0.3) is 0 Å². The summed E-state index contributed by atoms with van der Waals surface area (Å²) in [5, 5.41) is 1.44. The summed E-state index contributed by atoms with van der Waals surface area (Å²) in [6.45, 7) is 5.26. The predicted molar refractivity (Wildman–Crippen MR) is 123 cm³/mol. The Bertz CT molecular complexity index is 552. The lowest BCUT2D eigenvalue weighted by molar-refractivity contribution is 0.0650. The van der Waals surface area contributed by atoms with Crippen LogP contribution >= 0.6 is 0 Å². The van der Waals surface area contributed by atoms with Crippen LogP contribution in [0.15, 0.2) is 22.9 Å². The topological polar surface area (TPSA) is 27.7 Å². The van der Waals surface area contributed by atoms with E-state index in [1.165, 1.54) is 87.8 Å². The summed E-state index contributed by atoms with van der Waals surface area (Å²) in [5.41, 5.74) is 1.99. The summed E-state index contributed by atoms with van der Waals surface area (Å²) >= 11 is 0. The summed E-state index contributed by atoms with van der Waals surface area (Å²) in [6.07, 6.45) is 23.0. The van der Waals surface area contributed by atoms with Gasteiger partial charge in [-0.25, -0.2) is 0 Å². The Morgan fingerprint density at radius 1 is 0.897 bits per heavy atom. The van der Waals surface area contributed by atoms with Gasteiger partial charge in [0.25, 0.3) is 0 Å². The van der Waals surface area contributed by atoms with Crippen LogP contribution in [0.1, 0.15) is 104 Å². The van der Waals surface area contributed by atoms with Gasteiger partial charge < -0.3 is 13.6 Å². The first-order valence-electron chi connectivity index (χ1n) is 12.5. The van der Waals surface area contributed by atoms with E-state index >= 15 is 0 Å². The van der Waals surface area contributed by atoms with Crippen molar-refractivity contribution in [2.45, 2.75) is 121 Å². The van der Waals surface area contributed by atoms with Gasteiger partial charge >= 0.3 is 8.56 Å². The highest BCUT2D eigenvalue weighted by Gasteiger charge is 2.55. The van der Waals surface area contributed by atoms with E-state index in [2.05, 4.69) is 26.0 Å². The van der Waals surface area contributed by atoms with Crippen LogP contribution < -0.4 is 0 Å². The summed E-state index contributed by atoms with van der Waals surface area (Å²) in [7, 11) is -0.629. The average molecular weight is 421 g/mol. The molecule has 2 heterocycles. The molecule has 3 nitrogen and oxygen atoms in total. The lowest BCUT2D eigenvalue weighted by Gasteiger charge is -2.44. The first-order chi connectivity index (χ1) is 14.2. The first-order valence-corrected chi connectivity index (χ1v) is 14.4. The monoisotopic (exact) mass is 420 g/mol. The maximum absolute atomic E-state index is 7.19. The molecule has 0 amide bonds. The van der Waals surface area contributed by atoms with Crippen molar-refractivity contribution in [2.75, 3.05) is 13.7 Å². The molecule has 3 rings (SSSR count). The first kappa shape index (κ1) is 23.2. The Hall–Kier alpha value is -0.423. The minimum absolute atomic E-state index is 0.320.